The fraction of sp³-hybridized carbons (Fsp3) is 0.500. The SMILES string of the molecule is O=C1CCCN(c2cccc3c2CCCC3)N1. The third-order valence-electron chi connectivity index (χ3n) is 3.71. The van der Waals surface area contributed by atoms with Gasteiger partial charge in [0.15, 0.2) is 0 Å². The van der Waals surface area contributed by atoms with Crippen molar-refractivity contribution in [2.45, 2.75) is 38.5 Å². The smallest absolute Gasteiger partial charge is 0.238 e. The van der Waals surface area contributed by atoms with Crippen LogP contribution in [-0.4, -0.2) is 12.5 Å². The monoisotopic (exact) mass is 230 g/mol. The van der Waals surface area contributed by atoms with E-state index in [-0.39, 0.29) is 5.91 Å². The highest BCUT2D eigenvalue weighted by Gasteiger charge is 2.21. The van der Waals surface area contributed by atoms with E-state index in [0.717, 1.165) is 19.4 Å². The maximum atomic E-state index is 11.5. The summed E-state index contributed by atoms with van der Waals surface area (Å²) in [5.74, 6) is 0.143. The van der Waals surface area contributed by atoms with Crippen LogP contribution in [-0.2, 0) is 17.6 Å². The third-order valence-corrected chi connectivity index (χ3v) is 3.71. The molecule has 3 rings (SSSR count). The van der Waals surface area contributed by atoms with Gasteiger partial charge in [-0.1, -0.05) is 12.1 Å². The lowest BCUT2D eigenvalue weighted by Gasteiger charge is -2.32. The van der Waals surface area contributed by atoms with Gasteiger partial charge in [-0.05, 0) is 49.3 Å². The molecule has 1 heterocycles. The molecule has 0 unspecified atom stereocenters. The van der Waals surface area contributed by atoms with E-state index >= 15 is 0 Å². The molecule has 1 aliphatic carbocycles. The van der Waals surface area contributed by atoms with Gasteiger partial charge in [-0.3, -0.25) is 15.2 Å². The van der Waals surface area contributed by atoms with Gasteiger partial charge >= 0.3 is 0 Å². The molecule has 17 heavy (non-hydrogen) atoms. The zero-order valence-electron chi connectivity index (χ0n) is 10.0. The van der Waals surface area contributed by atoms with Crippen LogP contribution in [0.2, 0.25) is 0 Å². The predicted molar refractivity (Wildman–Crippen MR) is 67.8 cm³/mol. The van der Waals surface area contributed by atoms with Gasteiger partial charge in [-0.2, -0.15) is 0 Å². The van der Waals surface area contributed by atoms with Crippen molar-refractivity contribution < 1.29 is 4.79 Å². The van der Waals surface area contributed by atoms with Crippen LogP contribution in [0.3, 0.4) is 0 Å². The lowest BCUT2D eigenvalue weighted by atomic mass is 9.90. The molecule has 0 bridgehead atoms. The Morgan fingerprint density at radius 1 is 1.06 bits per heavy atom. The standard InChI is InChI=1S/C14H18N2O/c17-14-9-4-10-16(15-14)13-8-3-6-11-5-1-2-7-12(11)13/h3,6,8H,1-2,4-5,7,9-10H2,(H,15,17). The topological polar surface area (TPSA) is 32.3 Å². The summed E-state index contributed by atoms with van der Waals surface area (Å²) in [7, 11) is 0. The zero-order chi connectivity index (χ0) is 11.7. The highest BCUT2D eigenvalue weighted by molar-refractivity contribution is 5.79. The lowest BCUT2D eigenvalue weighted by molar-refractivity contribution is -0.122. The fourth-order valence-electron chi connectivity index (χ4n) is 2.85. The molecule has 0 spiro atoms. The first-order valence-electron chi connectivity index (χ1n) is 6.52. The average molecular weight is 230 g/mol. The van der Waals surface area contributed by atoms with Crippen molar-refractivity contribution in [3.8, 4) is 0 Å². The number of anilines is 1. The van der Waals surface area contributed by atoms with Gasteiger partial charge in [0.05, 0.1) is 5.69 Å². The van der Waals surface area contributed by atoms with Crippen LogP contribution in [0.25, 0.3) is 0 Å². The molecule has 1 aliphatic heterocycles. The second kappa shape index (κ2) is 4.40. The van der Waals surface area contributed by atoms with Crippen LogP contribution in [0.4, 0.5) is 5.69 Å². The number of carbonyl (C=O) groups is 1. The Balaban J connectivity index is 1.94. The van der Waals surface area contributed by atoms with Gasteiger partial charge in [-0.25, -0.2) is 0 Å². The summed E-state index contributed by atoms with van der Waals surface area (Å²) < 4.78 is 0. The molecule has 3 heteroatoms. The number of nitrogens with zero attached hydrogens (tertiary/aromatic N) is 1. The van der Waals surface area contributed by atoms with Crippen molar-refractivity contribution in [3.05, 3.63) is 29.3 Å². The Morgan fingerprint density at radius 2 is 1.94 bits per heavy atom. The molecule has 0 radical (unpaired) electrons. The van der Waals surface area contributed by atoms with Gasteiger partial charge in [0.1, 0.15) is 0 Å². The normalized spacial score (nSPS) is 19.8. The summed E-state index contributed by atoms with van der Waals surface area (Å²) in [6, 6.07) is 6.47. The molecule has 90 valence electrons. The first-order valence-corrected chi connectivity index (χ1v) is 6.52. The maximum Gasteiger partial charge on any atom is 0.238 e. The van der Waals surface area contributed by atoms with Crippen LogP contribution in [0.1, 0.15) is 36.8 Å². The molecule has 0 saturated carbocycles. The minimum atomic E-state index is 0.143. The van der Waals surface area contributed by atoms with Crippen molar-refractivity contribution in [2.75, 3.05) is 11.6 Å². The summed E-state index contributed by atoms with van der Waals surface area (Å²) in [4.78, 5) is 11.5. The second-order valence-corrected chi connectivity index (χ2v) is 4.91. The Kier molecular flexibility index (Phi) is 2.75. The number of hydrogen-bond donors (Lipinski definition) is 1. The first kappa shape index (κ1) is 10.6. The number of hydrogen-bond acceptors (Lipinski definition) is 2. The molecular weight excluding hydrogens is 212 g/mol. The van der Waals surface area contributed by atoms with Crippen LogP contribution >= 0.6 is 0 Å². The van der Waals surface area contributed by atoms with Crippen LogP contribution < -0.4 is 10.4 Å². The third kappa shape index (κ3) is 2.02. The summed E-state index contributed by atoms with van der Waals surface area (Å²) in [5.41, 5.74) is 7.11. The molecule has 3 nitrogen and oxygen atoms in total. The van der Waals surface area contributed by atoms with E-state index in [0.29, 0.717) is 6.42 Å². The number of fused-ring (bicyclic) bond motifs is 1. The van der Waals surface area contributed by atoms with Crippen molar-refractivity contribution in [3.63, 3.8) is 0 Å². The fourth-order valence-corrected chi connectivity index (χ4v) is 2.85. The maximum absolute atomic E-state index is 11.5. The van der Waals surface area contributed by atoms with Gasteiger partial charge < -0.3 is 0 Å². The number of carbonyl (C=O) groups excluding carboxylic acids is 1. The molecule has 0 atom stereocenters. The summed E-state index contributed by atoms with van der Waals surface area (Å²) in [6.07, 6.45) is 6.51. The number of hydrazine groups is 1. The molecule has 1 fully saturated rings. The minimum absolute atomic E-state index is 0.143. The summed E-state index contributed by atoms with van der Waals surface area (Å²) in [6.45, 7) is 0.933. The van der Waals surface area contributed by atoms with Crippen molar-refractivity contribution in [1.29, 1.82) is 0 Å². The molecule has 1 aromatic carbocycles. The van der Waals surface area contributed by atoms with Crippen molar-refractivity contribution in [2.24, 2.45) is 0 Å². The molecule has 1 aromatic rings. The Morgan fingerprint density at radius 3 is 2.82 bits per heavy atom. The van der Waals surface area contributed by atoms with E-state index in [1.165, 1.54) is 36.1 Å². The molecule has 1 N–H and O–H groups in total. The van der Waals surface area contributed by atoms with Gasteiger partial charge in [0.25, 0.3) is 0 Å². The van der Waals surface area contributed by atoms with Crippen LogP contribution in [0.5, 0.6) is 0 Å². The van der Waals surface area contributed by atoms with Gasteiger partial charge in [0.2, 0.25) is 5.91 Å². The van der Waals surface area contributed by atoms with Crippen molar-refractivity contribution >= 4 is 11.6 Å². The lowest BCUT2D eigenvalue weighted by Crippen LogP contribution is -2.47. The van der Waals surface area contributed by atoms with E-state index in [4.69, 9.17) is 0 Å². The van der Waals surface area contributed by atoms with E-state index < -0.39 is 0 Å². The largest absolute Gasteiger partial charge is 0.285 e. The van der Waals surface area contributed by atoms with Gasteiger partial charge in [-0.15, -0.1) is 0 Å². The van der Waals surface area contributed by atoms with E-state index in [1.807, 2.05) is 5.01 Å². The highest BCUT2D eigenvalue weighted by Crippen LogP contribution is 2.30. The molecule has 2 aliphatic rings. The summed E-state index contributed by atoms with van der Waals surface area (Å²) in [5, 5.41) is 2.04. The second-order valence-electron chi connectivity index (χ2n) is 4.91. The average Bonchev–Trinajstić information content (AvgIpc) is 2.38. The van der Waals surface area contributed by atoms with E-state index in [9.17, 15) is 4.79 Å². The predicted octanol–water partition coefficient (Wildman–Crippen LogP) is 2.20. The molecule has 1 amide bonds. The van der Waals surface area contributed by atoms with Crippen LogP contribution in [0, 0.1) is 0 Å². The Bertz CT molecular complexity index is 442. The summed E-state index contributed by atoms with van der Waals surface area (Å²) >= 11 is 0. The number of nitrogens with one attached hydrogen (secondary N) is 1. The van der Waals surface area contributed by atoms with E-state index in [2.05, 4.69) is 23.6 Å². The Labute approximate surface area is 102 Å². The highest BCUT2D eigenvalue weighted by atomic mass is 16.2. The number of amides is 1. The first-order chi connectivity index (χ1) is 8.34. The number of rotatable bonds is 1. The van der Waals surface area contributed by atoms with Crippen molar-refractivity contribution in [1.82, 2.24) is 5.43 Å². The van der Waals surface area contributed by atoms with Gasteiger partial charge in [0, 0.05) is 13.0 Å². The quantitative estimate of drug-likeness (QED) is 0.802. The van der Waals surface area contributed by atoms with Crippen LogP contribution in [0.15, 0.2) is 18.2 Å². The molecular formula is C14H18N2O. The number of aryl methyl sites for hydroxylation is 1. The molecule has 1 saturated heterocycles. The molecule has 0 aromatic heterocycles. The Hall–Kier alpha value is -1.51. The van der Waals surface area contributed by atoms with E-state index in [1.54, 1.807) is 0 Å². The number of benzene rings is 1. The minimum Gasteiger partial charge on any atom is -0.285 e. The zero-order valence-corrected chi connectivity index (χ0v) is 10.0.